The van der Waals surface area contributed by atoms with Crippen molar-refractivity contribution < 1.29 is 18.3 Å². The number of nitrogens with one attached hydrogen (secondary N) is 1. The summed E-state index contributed by atoms with van der Waals surface area (Å²) in [6, 6.07) is 13.9. The van der Waals surface area contributed by atoms with Crippen LogP contribution in [0.4, 0.5) is 5.69 Å². The Balaban J connectivity index is 1.55. The molecular formula is C25H33NO4S. The van der Waals surface area contributed by atoms with Crippen LogP contribution in [0.2, 0.25) is 0 Å². The number of carbonyl (C=O) groups excluding carboxylic acids is 1. The zero-order valence-electron chi connectivity index (χ0n) is 18.6. The van der Waals surface area contributed by atoms with Crippen LogP contribution in [-0.4, -0.2) is 25.2 Å². The van der Waals surface area contributed by atoms with Gasteiger partial charge in [0.25, 0.3) is 0 Å². The first-order chi connectivity index (χ1) is 14.5. The molecule has 1 atom stereocenters. The van der Waals surface area contributed by atoms with Crippen molar-refractivity contribution in [2.75, 3.05) is 11.1 Å². The molecule has 1 unspecified atom stereocenters. The van der Waals surface area contributed by atoms with Crippen LogP contribution in [0, 0.1) is 11.8 Å². The average molecular weight is 444 g/mol. The fourth-order valence-corrected chi connectivity index (χ4v) is 5.22. The van der Waals surface area contributed by atoms with E-state index in [-0.39, 0.29) is 18.1 Å². The van der Waals surface area contributed by atoms with E-state index >= 15 is 0 Å². The molecule has 0 aliphatic heterocycles. The monoisotopic (exact) mass is 443 g/mol. The Bertz CT molecular complexity index is 989. The molecule has 0 bridgehead atoms. The minimum atomic E-state index is -3.24. The van der Waals surface area contributed by atoms with Crippen LogP contribution in [-0.2, 0) is 26.7 Å². The van der Waals surface area contributed by atoms with Gasteiger partial charge in [-0.3, -0.25) is 4.79 Å². The highest BCUT2D eigenvalue weighted by molar-refractivity contribution is 7.91. The van der Waals surface area contributed by atoms with Gasteiger partial charge in [-0.1, -0.05) is 38.1 Å². The summed E-state index contributed by atoms with van der Waals surface area (Å²) >= 11 is 0. The van der Waals surface area contributed by atoms with Crippen LogP contribution >= 0.6 is 0 Å². The van der Waals surface area contributed by atoms with E-state index in [4.69, 9.17) is 0 Å². The Morgan fingerprint density at radius 2 is 1.71 bits per heavy atom. The van der Waals surface area contributed by atoms with E-state index in [0.717, 1.165) is 30.4 Å². The standard InChI is InChI=1S/C25H33NO4S/c1-18(2)14-15-25(3,28)21-8-10-22(11-9-21)26-24(27)16-19-6-12-23(13-7-19)31(29,30)17-20-4-5-20/h6-13,18,20,28H,4-5,14-17H2,1-3H3,(H,26,27). The summed E-state index contributed by atoms with van der Waals surface area (Å²) in [6.07, 6.45) is 3.77. The Labute approximate surface area is 185 Å². The summed E-state index contributed by atoms with van der Waals surface area (Å²) in [6.45, 7) is 6.09. The van der Waals surface area contributed by atoms with Gasteiger partial charge in [0.2, 0.25) is 5.91 Å². The van der Waals surface area contributed by atoms with E-state index in [1.165, 1.54) is 0 Å². The van der Waals surface area contributed by atoms with Crippen LogP contribution in [0.1, 0.15) is 57.6 Å². The van der Waals surface area contributed by atoms with E-state index < -0.39 is 15.4 Å². The normalized spacial score (nSPS) is 16.2. The summed E-state index contributed by atoms with van der Waals surface area (Å²) in [5.74, 6) is 0.874. The number of aliphatic hydroxyl groups is 1. The number of rotatable bonds is 10. The van der Waals surface area contributed by atoms with Crippen LogP contribution in [0.3, 0.4) is 0 Å². The van der Waals surface area contributed by atoms with Crippen LogP contribution < -0.4 is 5.32 Å². The lowest BCUT2D eigenvalue weighted by atomic mass is 9.88. The minimum absolute atomic E-state index is 0.163. The first-order valence-corrected chi connectivity index (χ1v) is 12.6. The maximum Gasteiger partial charge on any atom is 0.228 e. The van der Waals surface area contributed by atoms with Gasteiger partial charge in [-0.15, -0.1) is 0 Å². The summed E-state index contributed by atoms with van der Waals surface area (Å²) < 4.78 is 24.7. The molecule has 0 saturated heterocycles. The highest BCUT2D eigenvalue weighted by Crippen LogP contribution is 2.32. The smallest absolute Gasteiger partial charge is 0.228 e. The Hall–Kier alpha value is -2.18. The van der Waals surface area contributed by atoms with Crippen molar-refractivity contribution in [2.24, 2.45) is 11.8 Å². The van der Waals surface area contributed by atoms with E-state index in [9.17, 15) is 18.3 Å². The molecule has 1 saturated carbocycles. The number of hydrogen-bond donors (Lipinski definition) is 2. The van der Waals surface area contributed by atoms with Gasteiger partial charge >= 0.3 is 0 Å². The van der Waals surface area contributed by atoms with Crippen molar-refractivity contribution in [3.05, 3.63) is 59.7 Å². The number of carbonyl (C=O) groups is 1. The SMILES string of the molecule is CC(C)CCC(C)(O)c1ccc(NC(=O)Cc2ccc(S(=O)(=O)CC3CC3)cc2)cc1. The van der Waals surface area contributed by atoms with E-state index in [1.807, 2.05) is 19.1 Å². The highest BCUT2D eigenvalue weighted by Gasteiger charge is 2.29. The molecule has 5 nitrogen and oxygen atoms in total. The van der Waals surface area contributed by atoms with Crippen molar-refractivity contribution in [1.82, 2.24) is 0 Å². The second kappa shape index (κ2) is 9.53. The molecule has 1 aliphatic rings. The van der Waals surface area contributed by atoms with Gasteiger partial charge in [-0.2, -0.15) is 0 Å². The van der Waals surface area contributed by atoms with Crippen LogP contribution in [0.5, 0.6) is 0 Å². The molecule has 0 heterocycles. The predicted molar refractivity (Wildman–Crippen MR) is 124 cm³/mol. The summed E-state index contributed by atoms with van der Waals surface area (Å²) in [7, 11) is -3.24. The number of anilines is 1. The van der Waals surface area contributed by atoms with Crippen LogP contribution in [0.25, 0.3) is 0 Å². The van der Waals surface area contributed by atoms with E-state index in [2.05, 4.69) is 19.2 Å². The number of hydrogen-bond acceptors (Lipinski definition) is 4. The van der Waals surface area contributed by atoms with Crippen molar-refractivity contribution in [2.45, 2.75) is 63.4 Å². The number of amides is 1. The van der Waals surface area contributed by atoms with Crippen LogP contribution in [0.15, 0.2) is 53.4 Å². The highest BCUT2D eigenvalue weighted by atomic mass is 32.2. The zero-order valence-corrected chi connectivity index (χ0v) is 19.4. The average Bonchev–Trinajstić information content (AvgIpc) is 3.50. The Kier molecular flexibility index (Phi) is 7.22. The van der Waals surface area contributed by atoms with Crippen molar-refractivity contribution >= 4 is 21.4 Å². The van der Waals surface area contributed by atoms with Gasteiger partial charge in [0.1, 0.15) is 0 Å². The summed E-state index contributed by atoms with van der Waals surface area (Å²) in [5, 5.41) is 13.6. The zero-order chi connectivity index (χ0) is 22.6. The fraction of sp³-hybridized carbons (Fsp3) is 0.480. The molecule has 6 heteroatoms. The number of benzene rings is 2. The third-order valence-corrected chi connectivity index (χ3v) is 7.70. The molecule has 31 heavy (non-hydrogen) atoms. The third-order valence-electron chi connectivity index (χ3n) is 5.80. The topological polar surface area (TPSA) is 83.5 Å². The van der Waals surface area contributed by atoms with Crippen molar-refractivity contribution in [1.29, 1.82) is 0 Å². The second-order valence-corrected chi connectivity index (χ2v) is 11.4. The van der Waals surface area contributed by atoms with E-state index in [1.54, 1.807) is 36.4 Å². The van der Waals surface area contributed by atoms with E-state index in [0.29, 0.717) is 28.8 Å². The first-order valence-electron chi connectivity index (χ1n) is 11.0. The lowest BCUT2D eigenvalue weighted by molar-refractivity contribution is -0.115. The van der Waals surface area contributed by atoms with Gasteiger partial charge in [0.05, 0.1) is 22.7 Å². The minimum Gasteiger partial charge on any atom is -0.385 e. The molecule has 168 valence electrons. The Morgan fingerprint density at radius 1 is 1.10 bits per heavy atom. The van der Waals surface area contributed by atoms with Gasteiger partial charge < -0.3 is 10.4 Å². The summed E-state index contributed by atoms with van der Waals surface area (Å²) in [4.78, 5) is 12.7. The van der Waals surface area contributed by atoms with Gasteiger partial charge in [-0.25, -0.2) is 8.42 Å². The second-order valence-electron chi connectivity index (χ2n) is 9.38. The predicted octanol–water partition coefficient (Wildman–Crippen LogP) is 4.70. The quantitative estimate of drug-likeness (QED) is 0.558. The lowest BCUT2D eigenvalue weighted by Crippen LogP contribution is -2.22. The molecule has 1 aliphatic carbocycles. The third kappa shape index (κ3) is 6.91. The maximum atomic E-state index is 12.4. The first kappa shape index (κ1) is 23.5. The molecule has 0 aromatic heterocycles. The molecule has 1 amide bonds. The Morgan fingerprint density at radius 3 is 2.26 bits per heavy atom. The molecule has 2 N–H and O–H groups in total. The van der Waals surface area contributed by atoms with Gasteiger partial charge in [0, 0.05) is 5.69 Å². The molecule has 3 rings (SSSR count). The molecule has 0 spiro atoms. The van der Waals surface area contributed by atoms with Gasteiger partial charge in [-0.05, 0) is 79.8 Å². The number of sulfone groups is 1. The molecular weight excluding hydrogens is 410 g/mol. The largest absolute Gasteiger partial charge is 0.385 e. The fourth-order valence-electron chi connectivity index (χ4n) is 3.52. The van der Waals surface area contributed by atoms with Crippen molar-refractivity contribution in [3.8, 4) is 0 Å². The maximum absolute atomic E-state index is 12.4. The molecule has 2 aromatic carbocycles. The molecule has 1 fully saturated rings. The van der Waals surface area contributed by atoms with Crippen molar-refractivity contribution in [3.63, 3.8) is 0 Å². The lowest BCUT2D eigenvalue weighted by Gasteiger charge is -2.25. The summed E-state index contributed by atoms with van der Waals surface area (Å²) in [5.41, 5.74) is 1.36. The van der Waals surface area contributed by atoms with Gasteiger partial charge in [0.15, 0.2) is 9.84 Å². The molecule has 2 aromatic rings. The molecule has 0 radical (unpaired) electrons.